The van der Waals surface area contributed by atoms with Gasteiger partial charge in [-0.05, 0) is 17.7 Å². The zero-order valence-electron chi connectivity index (χ0n) is 18.9. The maximum Gasteiger partial charge on any atom is 0.318 e. The van der Waals surface area contributed by atoms with Gasteiger partial charge in [0.05, 0.1) is 9.46 Å². The lowest BCUT2D eigenvalue weighted by Gasteiger charge is -2.12. The molecule has 0 saturated carbocycles. The van der Waals surface area contributed by atoms with Crippen molar-refractivity contribution in [2.24, 2.45) is 11.1 Å². The average molecular weight is 476 g/mol. The van der Waals surface area contributed by atoms with E-state index in [-0.39, 0.29) is 20.7 Å². The molecule has 0 radical (unpaired) electrons. The Morgan fingerprint density at radius 1 is 1.27 bits per heavy atom. The van der Waals surface area contributed by atoms with E-state index in [2.05, 4.69) is 0 Å². The molecule has 2 rings (SSSR count). The summed E-state index contributed by atoms with van der Waals surface area (Å²) < 4.78 is 1.41. The summed E-state index contributed by atoms with van der Waals surface area (Å²) in [6.45, 7) is 4.59. The first-order valence-electron chi connectivity index (χ1n) is 9.73. The highest BCUT2D eigenvalue weighted by atomic mass is 32.1. The molecular weight excluding hydrogens is 450 g/mol. The van der Waals surface area contributed by atoms with Crippen molar-refractivity contribution < 1.29 is 19.3 Å². The standard InChI is InChI=1S/C21H25N5O6S/c1-21(2,3)16(27)10-18-25(11-17(28)23-20(22)30)19(29)15(33-18)9-12-6-7-13(24(4)5)14(8-12)26(31)32/h6-10H,11H2,1-5H3,(H3,22,23,28,30)/b15-9+,18-10-. The van der Waals surface area contributed by atoms with E-state index in [1.807, 2.05) is 5.32 Å². The van der Waals surface area contributed by atoms with Crippen LogP contribution in [0.1, 0.15) is 26.3 Å². The Morgan fingerprint density at radius 2 is 1.91 bits per heavy atom. The first-order chi connectivity index (χ1) is 15.2. The molecule has 176 valence electrons. The molecule has 0 saturated heterocycles. The number of Topliss-reactive ketones (excluding diaryl/α,β-unsaturated/α-hetero) is 1. The van der Waals surface area contributed by atoms with Crippen molar-refractivity contribution in [2.75, 3.05) is 19.0 Å². The van der Waals surface area contributed by atoms with Gasteiger partial charge in [0, 0.05) is 31.7 Å². The number of nitrogens with one attached hydrogen (secondary N) is 1. The van der Waals surface area contributed by atoms with Crippen molar-refractivity contribution in [3.05, 3.63) is 53.4 Å². The number of carbonyl (C=O) groups excluding carboxylic acids is 3. The van der Waals surface area contributed by atoms with Gasteiger partial charge in [-0.2, -0.15) is 0 Å². The molecule has 0 aliphatic heterocycles. The number of nitro benzene ring substituents is 1. The molecule has 0 unspecified atom stereocenters. The highest BCUT2D eigenvalue weighted by Crippen LogP contribution is 2.27. The van der Waals surface area contributed by atoms with Crippen LogP contribution in [0.5, 0.6) is 0 Å². The van der Waals surface area contributed by atoms with Crippen molar-refractivity contribution in [2.45, 2.75) is 27.3 Å². The van der Waals surface area contributed by atoms with Gasteiger partial charge in [0.15, 0.2) is 5.78 Å². The fourth-order valence-corrected chi connectivity index (χ4v) is 3.79. The summed E-state index contributed by atoms with van der Waals surface area (Å²) >= 11 is 0.953. The molecule has 0 aliphatic rings. The highest BCUT2D eigenvalue weighted by molar-refractivity contribution is 7.07. The number of aromatic nitrogens is 1. The number of amides is 3. The van der Waals surface area contributed by atoms with Crippen LogP contribution in [0, 0.1) is 15.5 Å². The van der Waals surface area contributed by atoms with Crippen molar-refractivity contribution in [3.63, 3.8) is 0 Å². The zero-order valence-corrected chi connectivity index (χ0v) is 19.7. The van der Waals surface area contributed by atoms with E-state index in [0.29, 0.717) is 11.3 Å². The number of nitrogens with zero attached hydrogens (tertiary/aromatic N) is 3. The van der Waals surface area contributed by atoms with Crippen LogP contribution >= 0.6 is 11.3 Å². The van der Waals surface area contributed by atoms with Crippen LogP contribution in [0.2, 0.25) is 0 Å². The maximum atomic E-state index is 13.0. The number of rotatable bonds is 6. The molecule has 11 nitrogen and oxygen atoms in total. The normalized spacial score (nSPS) is 12.5. The molecule has 3 amide bonds. The summed E-state index contributed by atoms with van der Waals surface area (Å²) in [6.07, 6.45) is 2.71. The monoisotopic (exact) mass is 475 g/mol. The lowest BCUT2D eigenvalue weighted by atomic mass is 9.91. The topological polar surface area (TPSA) is 158 Å². The molecule has 0 spiro atoms. The van der Waals surface area contributed by atoms with Gasteiger partial charge >= 0.3 is 6.03 Å². The number of hydrogen-bond acceptors (Lipinski definition) is 8. The van der Waals surface area contributed by atoms with Gasteiger partial charge in [-0.3, -0.25) is 34.4 Å². The van der Waals surface area contributed by atoms with Crippen molar-refractivity contribution in [1.82, 2.24) is 9.88 Å². The Labute approximate surface area is 193 Å². The highest BCUT2D eigenvalue weighted by Gasteiger charge is 2.20. The number of primary amides is 1. The molecular formula is C21H25N5O6S. The molecule has 1 aromatic heterocycles. The number of nitro groups is 1. The van der Waals surface area contributed by atoms with Crippen LogP contribution in [-0.2, 0) is 16.1 Å². The minimum atomic E-state index is -1.07. The molecule has 0 aliphatic carbocycles. The quantitative estimate of drug-likeness (QED) is 0.449. The minimum Gasteiger partial charge on any atom is -0.372 e. The van der Waals surface area contributed by atoms with E-state index in [4.69, 9.17) is 5.73 Å². The second kappa shape index (κ2) is 9.77. The fraction of sp³-hybridized carbons (Fsp3) is 0.333. The summed E-state index contributed by atoms with van der Waals surface area (Å²) in [4.78, 5) is 61.1. The van der Waals surface area contributed by atoms with Gasteiger partial charge in [-0.1, -0.05) is 26.8 Å². The Kier molecular flexibility index (Phi) is 7.54. The van der Waals surface area contributed by atoms with Crippen molar-refractivity contribution in [3.8, 4) is 0 Å². The number of imide groups is 1. The van der Waals surface area contributed by atoms with Gasteiger partial charge in [-0.25, -0.2) is 4.79 Å². The smallest absolute Gasteiger partial charge is 0.318 e. The molecule has 1 aromatic carbocycles. The van der Waals surface area contributed by atoms with Crippen LogP contribution < -0.4 is 30.7 Å². The van der Waals surface area contributed by atoms with Gasteiger partial charge in [0.25, 0.3) is 11.2 Å². The Balaban J connectivity index is 2.71. The lowest BCUT2D eigenvalue weighted by molar-refractivity contribution is -0.384. The van der Waals surface area contributed by atoms with Crippen molar-refractivity contribution in [1.29, 1.82) is 0 Å². The predicted octanol–water partition coefficient (Wildman–Crippen LogP) is 0.303. The summed E-state index contributed by atoms with van der Waals surface area (Å²) in [5.74, 6) is -1.09. The summed E-state index contributed by atoms with van der Waals surface area (Å²) in [7, 11) is 3.35. The first kappa shape index (κ1) is 25.5. The largest absolute Gasteiger partial charge is 0.372 e. The van der Waals surface area contributed by atoms with Crippen molar-refractivity contribution >= 4 is 52.6 Å². The predicted molar refractivity (Wildman–Crippen MR) is 125 cm³/mol. The number of nitrogens with two attached hydrogens (primary N) is 1. The third kappa shape index (κ3) is 6.35. The summed E-state index contributed by atoms with van der Waals surface area (Å²) in [5, 5.41) is 13.3. The summed E-state index contributed by atoms with van der Waals surface area (Å²) in [6, 6.07) is 3.45. The van der Waals surface area contributed by atoms with Crippen LogP contribution in [0.15, 0.2) is 23.0 Å². The number of urea groups is 1. The van der Waals surface area contributed by atoms with Gasteiger partial charge < -0.3 is 10.6 Å². The molecule has 0 bridgehead atoms. The van der Waals surface area contributed by atoms with Gasteiger partial charge in [0.2, 0.25) is 5.91 Å². The second-order valence-electron chi connectivity index (χ2n) is 8.41. The molecule has 2 aromatic rings. The molecule has 0 fully saturated rings. The number of anilines is 1. The van der Waals surface area contributed by atoms with E-state index < -0.39 is 34.4 Å². The molecule has 0 atom stereocenters. The molecule has 3 N–H and O–H groups in total. The van der Waals surface area contributed by atoms with Crippen LogP contribution in [-0.4, -0.2) is 41.3 Å². The maximum absolute atomic E-state index is 13.0. The number of carbonyl (C=O) groups is 3. The van der Waals surface area contributed by atoms with Crippen LogP contribution in [0.4, 0.5) is 16.2 Å². The average Bonchev–Trinajstić information content (AvgIpc) is 2.95. The SMILES string of the molecule is CN(C)c1ccc(/C=c2/s/c(=C\C(=O)C(C)(C)C)n(CC(=O)NC(N)=O)c2=O)cc1[N+](=O)[O-]. The molecule has 33 heavy (non-hydrogen) atoms. The number of thiazole rings is 1. The molecule has 12 heteroatoms. The van der Waals surface area contributed by atoms with Gasteiger partial charge in [-0.15, -0.1) is 11.3 Å². The van der Waals surface area contributed by atoms with E-state index >= 15 is 0 Å². The minimum absolute atomic E-state index is 0.138. The lowest BCUT2D eigenvalue weighted by Crippen LogP contribution is -2.42. The third-order valence-electron chi connectivity index (χ3n) is 4.47. The van der Waals surface area contributed by atoms with Crippen LogP contribution in [0.25, 0.3) is 12.2 Å². The second-order valence-corrected chi connectivity index (χ2v) is 9.47. The third-order valence-corrected chi connectivity index (χ3v) is 5.53. The molecule has 1 heterocycles. The zero-order chi connectivity index (χ0) is 25.1. The number of benzene rings is 1. The van der Waals surface area contributed by atoms with E-state index in [1.165, 1.54) is 18.2 Å². The fourth-order valence-electron chi connectivity index (χ4n) is 2.75. The van der Waals surface area contributed by atoms with E-state index in [9.17, 15) is 29.3 Å². The van der Waals surface area contributed by atoms with Gasteiger partial charge in [0.1, 0.15) is 16.9 Å². The Bertz CT molecular complexity index is 1300. The Morgan fingerprint density at radius 3 is 2.42 bits per heavy atom. The van der Waals surface area contributed by atoms with E-state index in [0.717, 1.165) is 15.9 Å². The Hall–Kier alpha value is -3.80. The number of hydrogen-bond donors (Lipinski definition) is 2. The number of ketones is 1. The first-order valence-corrected chi connectivity index (χ1v) is 10.5. The van der Waals surface area contributed by atoms with Crippen LogP contribution in [0.3, 0.4) is 0 Å². The van der Waals surface area contributed by atoms with E-state index in [1.54, 1.807) is 51.9 Å². The summed E-state index contributed by atoms with van der Waals surface area (Å²) in [5.41, 5.74) is 4.29.